The van der Waals surface area contributed by atoms with Gasteiger partial charge in [0.1, 0.15) is 0 Å². The standard InChI is InChI=1S/C14H27N3/c1-4-6-7-8-9-10-13(12(3)5-2)14-11-15-17-16-14/h11-13H,4-10H2,1-3H3,(H,15,16,17). The van der Waals surface area contributed by atoms with Crippen LogP contribution in [0, 0.1) is 5.92 Å². The van der Waals surface area contributed by atoms with E-state index in [1.54, 1.807) is 0 Å². The first kappa shape index (κ1) is 14.2. The Hall–Kier alpha value is -0.860. The third kappa shape index (κ3) is 4.88. The summed E-state index contributed by atoms with van der Waals surface area (Å²) in [6, 6.07) is 0. The van der Waals surface area contributed by atoms with Crippen LogP contribution in [0.4, 0.5) is 0 Å². The summed E-state index contributed by atoms with van der Waals surface area (Å²) in [5.74, 6) is 1.28. The van der Waals surface area contributed by atoms with E-state index >= 15 is 0 Å². The van der Waals surface area contributed by atoms with Gasteiger partial charge in [0.15, 0.2) is 0 Å². The molecule has 0 aliphatic rings. The van der Waals surface area contributed by atoms with Crippen LogP contribution in [0.3, 0.4) is 0 Å². The summed E-state index contributed by atoms with van der Waals surface area (Å²) in [4.78, 5) is 0. The molecule has 0 bridgehead atoms. The van der Waals surface area contributed by atoms with Crippen molar-refractivity contribution in [2.45, 2.75) is 71.6 Å². The van der Waals surface area contributed by atoms with Crippen LogP contribution in [-0.2, 0) is 0 Å². The van der Waals surface area contributed by atoms with Crippen molar-refractivity contribution in [2.75, 3.05) is 0 Å². The molecule has 2 unspecified atom stereocenters. The monoisotopic (exact) mass is 237 g/mol. The minimum atomic E-state index is 0.584. The Morgan fingerprint density at radius 3 is 2.53 bits per heavy atom. The number of rotatable bonds is 9. The molecular weight excluding hydrogens is 210 g/mol. The molecule has 0 saturated heterocycles. The van der Waals surface area contributed by atoms with Gasteiger partial charge in [0.25, 0.3) is 0 Å². The molecule has 0 radical (unpaired) electrons. The smallest absolute Gasteiger partial charge is 0.0858 e. The predicted molar refractivity (Wildman–Crippen MR) is 72.0 cm³/mol. The van der Waals surface area contributed by atoms with E-state index in [9.17, 15) is 0 Å². The zero-order valence-corrected chi connectivity index (χ0v) is 11.6. The number of aromatic amines is 1. The Bertz CT molecular complexity index is 269. The van der Waals surface area contributed by atoms with Crippen molar-refractivity contribution in [2.24, 2.45) is 5.92 Å². The lowest BCUT2D eigenvalue weighted by Gasteiger charge is -2.20. The van der Waals surface area contributed by atoms with Crippen molar-refractivity contribution >= 4 is 0 Å². The van der Waals surface area contributed by atoms with Crippen LogP contribution >= 0.6 is 0 Å². The summed E-state index contributed by atoms with van der Waals surface area (Å²) < 4.78 is 0. The molecule has 1 heterocycles. The van der Waals surface area contributed by atoms with E-state index in [2.05, 4.69) is 36.2 Å². The molecule has 3 nitrogen and oxygen atoms in total. The van der Waals surface area contributed by atoms with Gasteiger partial charge in [-0.05, 0) is 12.3 Å². The maximum Gasteiger partial charge on any atom is 0.0858 e. The molecule has 1 rings (SSSR count). The SMILES string of the molecule is CCCCCCCC(c1cn[nH]n1)C(C)CC. The van der Waals surface area contributed by atoms with E-state index in [1.165, 1.54) is 44.9 Å². The first-order valence-electron chi connectivity index (χ1n) is 7.15. The van der Waals surface area contributed by atoms with E-state index in [-0.39, 0.29) is 0 Å². The van der Waals surface area contributed by atoms with Gasteiger partial charge in [-0.2, -0.15) is 15.4 Å². The third-order valence-corrected chi connectivity index (χ3v) is 3.76. The number of hydrogen-bond acceptors (Lipinski definition) is 2. The van der Waals surface area contributed by atoms with E-state index in [1.807, 2.05) is 6.20 Å². The average molecular weight is 237 g/mol. The molecule has 1 N–H and O–H groups in total. The van der Waals surface area contributed by atoms with Gasteiger partial charge in [0, 0.05) is 5.92 Å². The van der Waals surface area contributed by atoms with Crippen molar-refractivity contribution in [1.82, 2.24) is 15.4 Å². The Kier molecular flexibility index (Phi) is 6.90. The highest BCUT2D eigenvalue weighted by atomic mass is 15.3. The first-order chi connectivity index (χ1) is 8.29. The molecule has 1 aromatic heterocycles. The second kappa shape index (κ2) is 8.26. The van der Waals surface area contributed by atoms with Gasteiger partial charge in [0.05, 0.1) is 11.9 Å². The molecule has 3 heteroatoms. The molecule has 0 fully saturated rings. The molecule has 0 aliphatic carbocycles. The Morgan fingerprint density at radius 2 is 1.94 bits per heavy atom. The molecular formula is C14H27N3. The lowest BCUT2D eigenvalue weighted by atomic mass is 9.85. The number of nitrogens with zero attached hydrogens (tertiary/aromatic N) is 2. The van der Waals surface area contributed by atoms with Gasteiger partial charge in [-0.1, -0.05) is 59.3 Å². The Balaban J connectivity index is 2.37. The maximum atomic E-state index is 4.26. The van der Waals surface area contributed by atoms with E-state index in [4.69, 9.17) is 0 Å². The molecule has 0 saturated carbocycles. The quantitative estimate of drug-likeness (QED) is 0.651. The number of unbranched alkanes of at least 4 members (excludes halogenated alkanes) is 4. The van der Waals surface area contributed by atoms with Crippen LogP contribution in [0.15, 0.2) is 6.20 Å². The van der Waals surface area contributed by atoms with E-state index in [0.29, 0.717) is 11.8 Å². The molecule has 0 aromatic carbocycles. The lowest BCUT2D eigenvalue weighted by molar-refractivity contribution is 0.398. The molecule has 98 valence electrons. The molecule has 2 atom stereocenters. The zero-order valence-electron chi connectivity index (χ0n) is 11.6. The fourth-order valence-corrected chi connectivity index (χ4v) is 2.37. The highest BCUT2D eigenvalue weighted by molar-refractivity contribution is 5.02. The zero-order chi connectivity index (χ0) is 12.5. The van der Waals surface area contributed by atoms with Crippen LogP contribution in [0.2, 0.25) is 0 Å². The second-order valence-corrected chi connectivity index (χ2v) is 5.09. The van der Waals surface area contributed by atoms with Crippen molar-refractivity contribution in [1.29, 1.82) is 0 Å². The number of hydrogen-bond donors (Lipinski definition) is 1. The third-order valence-electron chi connectivity index (χ3n) is 3.76. The summed E-state index contributed by atoms with van der Waals surface area (Å²) >= 11 is 0. The minimum absolute atomic E-state index is 0.584. The van der Waals surface area contributed by atoms with Gasteiger partial charge >= 0.3 is 0 Å². The number of H-pyrrole nitrogens is 1. The number of nitrogens with one attached hydrogen (secondary N) is 1. The first-order valence-corrected chi connectivity index (χ1v) is 7.15. The maximum absolute atomic E-state index is 4.26. The normalized spacial score (nSPS) is 14.8. The van der Waals surface area contributed by atoms with Gasteiger partial charge in [-0.3, -0.25) is 0 Å². The summed E-state index contributed by atoms with van der Waals surface area (Å²) in [5.41, 5.74) is 1.15. The van der Waals surface area contributed by atoms with Crippen molar-refractivity contribution in [3.05, 3.63) is 11.9 Å². The second-order valence-electron chi connectivity index (χ2n) is 5.09. The van der Waals surface area contributed by atoms with Crippen molar-refractivity contribution in [3.63, 3.8) is 0 Å². The predicted octanol–water partition coefficient (Wildman–Crippen LogP) is 4.29. The van der Waals surface area contributed by atoms with Crippen LogP contribution in [0.1, 0.15) is 77.3 Å². The summed E-state index contributed by atoms with van der Waals surface area (Å²) in [6.45, 7) is 6.84. The molecule has 1 aromatic rings. The van der Waals surface area contributed by atoms with Gasteiger partial charge < -0.3 is 0 Å². The average Bonchev–Trinajstić information content (AvgIpc) is 2.86. The van der Waals surface area contributed by atoms with Gasteiger partial charge in [-0.25, -0.2) is 0 Å². The van der Waals surface area contributed by atoms with Crippen LogP contribution in [0.25, 0.3) is 0 Å². The Labute approximate surface area is 105 Å². The fourth-order valence-electron chi connectivity index (χ4n) is 2.37. The largest absolute Gasteiger partial charge is 0.198 e. The lowest BCUT2D eigenvalue weighted by Crippen LogP contribution is -2.10. The van der Waals surface area contributed by atoms with Crippen LogP contribution in [-0.4, -0.2) is 15.4 Å². The summed E-state index contributed by atoms with van der Waals surface area (Å²) in [7, 11) is 0. The number of aromatic nitrogens is 3. The van der Waals surface area contributed by atoms with Crippen LogP contribution < -0.4 is 0 Å². The van der Waals surface area contributed by atoms with E-state index in [0.717, 1.165) is 5.69 Å². The van der Waals surface area contributed by atoms with Crippen LogP contribution in [0.5, 0.6) is 0 Å². The van der Waals surface area contributed by atoms with Gasteiger partial charge in [0.2, 0.25) is 0 Å². The van der Waals surface area contributed by atoms with E-state index < -0.39 is 0 Å². The molecule has 0 aliphatic heterocycles. The van der Waals surface area contributed by atoms with Gasteiger partial charge in [-0.15, -0.1) is 0 Å². The highest BCUT2D eigenvalue weighted by Crippen LogP contribution is 2.30. The summed E-state index contributed by atoms with van der Waals surface area (Å²) in [6.07, 6.45) is 11.1. The summed E-state index contributed by atoms with van der Waals surface area (Å²) in [5, 5.41) is 10.9. The highest BCUT2D eigenvalue weighted by Gasteiger charge is 2.19. The minimum Gasteiger partial charge on any atom is -0.198 e. The molecule has 0 amide bonds. The van der Waals surface area contributed by atoms with Crippen molar-refractivity contribution in [3.8, 4) is 0 Å². The molecule has 17 heavy (non-hydrogen) atoms. The van der Waals surface area contributed by atoms with Crippen molar-refractivity contribution < 1.29 is 0 Å². The molecule has 0 spiro atoms. The Morgan fingerprint density at radius 1 is 1.18 bits per heavy atom. The topological polar surface area (TPSA) is 41.6 Å². The fraction of sp³-hybridized carbons (Fsp3) is 0.857.